The third kappa shape index (κ3) is 4.13. The van der Waals surface area contributed by atoms with Crippen LogP contribution in [0.15, 0.2) is 30.3 Å². The normalized spacial score (nSPS) is 20.0. The van der Waals surface area contributed by atoms with Gasteiger partial charge in [0.25, 0.3) is 0 Å². The predicted molar refractivity (Wildman–Crippen MR) is 90.4 cm³/mol. The van der Waals surface area contributed by atoms with Gasteiger partial charge in [-0.3, -0.25) is 15.4 Å². The first-order chi connectivity index (χ1) is 11.9. The lowest BCUT2D eigenvalue weighted by Crippen LogP contribution is -2.52. The molecule has 0 radical (unpaired) electrons. The molecule has 0 aliphatic carbocycles. The Kier molecular flexibility index (Phi) is 4.66. The second-order valence-corrected chi connectivity index (χ2v) is 5.94. The predicted octanol–water partition coefficient (Wildman–Crippen LogP) is 1.93. The lowest BCUT2D eigenvalue weighted by Gasteiger charge is -2.30. The lowest BCUT2D eigenvalue weighted by atomic mass is 10.2. The van der Waals surface area contributed by atoms with E-state index in [4.69, 9.17) is 0 Å². The van der Waals surface area contributed by atoms with Gasteiger partial charge in [0, 0.05) is 24.2 Å². The number of halogens is 1. The average Bonchev–Trinajstić information content (AvgIpc) is 2.89. The lowest BCUT2D eigenvalue weighted by molar-refractivity contribution is -0.125. The number of amides is 3. The fraction of sp³-hybridized carbons (Fsp3) is 0.312. The van der Waals surface area contributed by atoms with Crippen molar-refractivity contribution in [2.45, 2.75) is 32.6 Å². The first-order valence-electron chi connectivity index (χ1n) is 7.86. The maximum atomic E-state index is 12.9. The van der Waals surface area contributed by atoms with Crippen molar-refractivity contribution >= 4 is 23.4 Å². The van der Waals surface area contributed by atoms with Crippen molar-refractivity contribution in [2.75, 3.05) is 10.6 Å². The highest BCUT2D eigenvalue weighted by atomic mass is 19.1. The topological polar surface area (TPSA) is 100 Å². The highest BCUT2D eigenvalue weighted by Crippen LogP contribution is 2.17. The number of hydrogen-bond donors (Lipinski definition) is 4. The molecule has 1 aromatic heterocycles. The molecule has 3 rings (SSSR count). The summed E-state index contributed by atoms with van der Waals surface area (Å²) in [6.45, 7) is 3.68. The number of hydrogen-bond acceptors (Lipinski definition) is 4. The molecule has 9 heteroatoms. The summed E-state index contributed by atoms with van der Waals surface area (Å²) < 4.78 is 14.4. The van der Waals surface area contributed by atoms with E-state index in [9.17, 15) is 14.0 Å². The van der Waals surface area contributed by atoms with E-state index in [1.54, 1.807) is 13.0 Å². The Bertz CT molecular complexity index is 788. The van der Waals surface area contributed by atoms with Crippen LogP contribution in [0.4, 0.5) is 20.7 Å². The Hall–Kier alpha value is -2.94. The summed E-state index contributed by atoms with van der Waals surface area (Å²) in [6.07, 6.45) is -0.170. The molecular weight excluding hydrogens is 327 g/mol. The monoisotopic (exact) mass is 346 g/mol. The first kappa shape index (κ1) is 16.9. The third-order valence-corrected chi connectivity index (χ3v) is 3.68. The largest absolute Gasteiger partial charge is 0.324 e. The van der Waals surface area contributed by atoms with Crippen molar-refractivity contribution in [1.82, 2.24) is 20.4 Å². The molecular formula is C16H19FN6O2. The van der Waals surface area contributed by atoms with Crippen LogP contribution in [0, 0.1) is 12.7 Å². The van der Waals surface area contributed by atoms with Crippen molar-refractivity contribution in [3.8, 4) is 0 Å². The van der Waals surface area contributed by atoms with Crippen molar-refractivity contribution in [2.24, 2.45) is 0 Å². The van der Waals surface area contributed by atoms with Gasteiger partial charge in [-0.05, 0) is 38.1 Å². The Morgan fingerprint density at radius 1 is 1.32 bits per heavy atom. The zero-order chi connectivity index (χ0) is 18.0. The zero-order valence-corrected chi connectivity index (χ0v) is 13.8. The molecule has 0 bridgehead atoms. The van der Waals surface area contributed by atoms with Gasteiger partial charge in [-0.1, -0.05) is 0 Å². The molecule has 1 aliphatic rings. The highest BCUT2D eigenvalue weighted by Gasteiger charge is 2.26. The molecule has 2 aromatic rings. The van der Waals surface area contributed by atoms with Crippen LogP contribution in [-0.2, 0) is 4.79 Å². The highest BCUT2D eigenvalue weighted by molar-refractivity contribution is 5.99. The van der Waals surface area contributed by atoms with Crippen molar-refractivity contribution in [3.63, 3.8) is 0 Å². The molecule has 2 unspecified atom stereocenters. The van der Waals surface area contributed by atoms with Crippen molar-refractivity contribution < 1.29 is 14.0 Å². The van der Waals surface area contributed by atoms with Gasteiger partial charge in [-0.15, -0.1) is 0 Å². The van der Waals surface area contributed by atoms with Gasteiger partial charge >= 0.3 is 6.03 Å². The molecule has 2 atom stereocenters. The van der Waals surface area contributed by atoms with Gasteiger partial charge in [-0.2, -0.15) is 5.10 Å². The second-order valence-electron chi connectivity index (χ2n) is 5.94. The molecule has 0 saturated carbocycles. The number of urea groups is 1. The second kappa shape index (κ2) is 6.89. The van der Waals surface area contributed by atoms with Crippen LogP contribution in [0.1, 0.15) is 25.3 Å². The number of rotatable bonds is 3. The molecule has 1 aromatic carbocycles. The molecule has 1 aliphatic heterocycles. The Morgan fingerprint density at radius 3 is 2.72 bits per heavy atom. The number of aromatic nitrogens is 2. The van der Waals surface area contributed by atoms with Crippen LogP contribution in [0.25, 0.3) is 0 Å². The maximum Gasteiger partial charge on any atom is 0.324 e. The van der Waals surface area contributed by atoms with Crippen LogP contribution in [0.5, 0.6) is 0 Å². The Morgan fingerprint density at radius 2 is 2.04 bits per heavy atom. The smallest absolute Gasteiger partial charge is 0.322 e. The fourth-order valence-corrected chi connectivity index (χ4v) is 2.61. The van der Waals surface area contributed by atoms with Gasteiger partial charge in [0.1, 0.15) is 11.6 Å². The van der Waals surface area contributed by atoms with Crippen LogP contribution in [-0.4, -0.2) is 27.8 Å². The van der Waals surface area contributed by atoms with Gasteiger partial charge < -0.3 is 10.6 Å². The number of nitrogens with one attached hydrogen (secondary N) is 4. The fourth-order valence-electron chi connectivity index (χ4n) is 2.61. The van der Waals surface area contributed by atoms with Crippen LogP contribution < -0.4 is 21.3 Å². The molecule has 2 heterocycles. The Balaban J connectivity index is 1.73. The molecule has 3 amide bonds. The van der Waals surface area contributed by atoms with Gasteiger partial charge in [0.05, 0.1) is 5.69 Å². The Labute approximate surface area is 143 Å². The van der Waals surface area contributed by atoms with E-state index in [0.29, 0.717) is 23.6 Å². The first-order valence-corrected chi connectivity index (χ1v) is 7.86. The summed E-state index contributed by atoms with van der Waals surface area (Å²) >= 11 is 0. The third-order valence-electron chi connectivity index (χ3n) is 3.68. The molecule has 1 fully saturated rings. The number of carbonyl (C=O) groups excluding carboxylic acids is 2. The van der Waals surface area contributed by atoms with Gasteiger partial charge in [0.15, 0.2) is 6.29 Å². The molecule has 4 N–H and O–H groups in total. The summed E-state index contributed by atoms with van der Waals surface area (Å²) in [4.78, 5) is 23.9. The quantitative estimate of drug-likeness (QED) is 0.682. The van der Waals surface area contributed by atoms with E-state index in [2.05, 4.69) is 26.4 Å². The van der Waals surface area contributed by atoms with E-state index in [0.717, 1.165) is 0 Å². The van der Waals surface area contributed by atoms with Gasteiger partial charge in [0.2, 0.25) is 5.91 Å². The van der Waals surface area contributed by atoms with E-state index in [1.807, 2.05) is 6.92 Å². The maximum absolute atomic E-state index is 12.9. The molecule has 25 heavy (non-hydrogen) atoms. The van der Waals surface area contributed by atoms with Crippen LogP contribution in [0.2, 0.25) is 0 Å². The average molecular weight is 346 g/mol. The minimum atomic E-state index is -0.550. The van der Waals surface area contributed by atoms with E-state index in [1.165, 1.54) is 28.9 Å². The molecule has 0 spiro atoms. The van der Waals surface area contributed by atoms with Crippen molar-refractivity contribution in [3.05, 3.63) is 41.8 Å². The minimum Gasteiger partial charge on any atom is -0.322 e. The number of carbonyl (C=O) groups is 2. The molecule has 1 saturated heterocycles. The number of anilines is 2. The van der Waals surface area contributed by atoms with Crippen LogP contribution in [0.3, 0.4) is 0 Å². The van der Waals surface area contributed by atoms with E-state index in [-0.39, 0.29) is 17.8 Å². The summed E-state index contributed by atoms with van der Waals surface area (Å²) in [5.74, 6) is -0.0528. The summed E-state index contributed by atoms with van der Waals surface area (Å²) in [5.41, 5.74) is 1.14. The number of aryl methyl sites for hydroxylation is 1. The minimum absolute atomic E-state index is 0.0100. The number of nitrogens with zero attached hydrogens (tertiary/aromatic N) is 2. The zero-order valence-electron chi connectivity index (χ0n) is 13.8. The molecule has 8 nitrogen and oxygen atoms in total. The van der Waals surface area contributed by atoms with Crippen molar-refractivity contribution in [1.29, 1.82) is 0 Å². The summed E-state index contributed by atoms with van der Waals surface area (Å²) in [7, 11) is 0. The van der Waals surface area contributed by atoms with Crippen LogP contribution >= 0.6 is 0 Å². The van der Waals surface area contributed by atoms with Gasteiger partial charge in [-0.25, -0.2) is 13.9 Å². The van der Waals surface area contributed by atoms with E-state index < -0.39 is 12.3 Å². The summed E-state index contributed by atoms with van der Waals surface area (Å²) in [5, 5.41) is 15.6. The summed E-state index contributed by atoms with van der Waals surface area (Å²) in [6, 6.07) is 6.62. The SMILES string of the molecule is Cc1cc(NC(=O)Nc2ccc(F)cc2)n(C2NC(=O)CC(C)N2)n1. The number of benzene rings is 1. The standard InChI is InChI=1S/C16H19FN6O2/c1-9-8-14(24)21-15(18-9)23-13(7-10(2)22-23)20-16(25)19-12-5-3-11(17)4-6-12/h3-7,9,15,18H,8H2,1-2H3,(H,21,24)(H2,19,20,25). The van der Waals surface area contributed by atoms with E-state index >= 15 is 0 Å². The molecule has 132 valence electrons.